The van der Waals surface area contributed by atoms with Crippen molar-refractivity contribution >= 4 is 89.5 Å². The van der Waals surface area contributed by atoms with Gasteiger partial charge in [-0.2, -0.15) is 4.39 Å². The second kappa shape index (κ2) is 49.4. The van der Waals surface area contributed by atoms with Gasteiger partial charge < -0.3 is 60.6 Å². The number of hydrogen-bond acceptors (Lipinski definition) is 18. The number of aliphatic carboxylic acids is 2. The molecule has 2 atom stereocenters. The maximum atomic E-state index is 13.4. The SMILES string of the molecule is NS.O=C(O)CCCCCCCCCCCCCCCCC(=O)N[C@@H](CCC(=O)NCCOCCOCC(=O)NCCOCCOCC(=O)NC(Cc1ccc(O)cc1)C(=O)F)C(=O)O.O=C(O)SC(=O)NS. The van der Waals surface area contributed by atoms with Crippen molar-refractivity contribution in [3.63, 3.8) is 0 Å². The smallest absolute Gasteiger partial charge is 0.374 e. The molecule has 23 nitrogen and oxygen atoms in total. The summed E-state index contributed by atoms with van der Waals surface area (Å²) in [5, 5.41) is 47.7. The first-order valence-electron chi connectivity index (χ1n) is 24.0. The average molecular weight is 1100 g/mol. The minimum atomic E-state index is -1.70. The zero-order valence-corrected chi connectivity index (χ0v) is 43.9. The van der Waals surface area contributed by atoms with Crippen LogP contribution >= 0.6 is 37.4 Å². The number of rotatable bonds is 42. The van der Waals surface area contributed by atoms with Crippen LogP contribution in [-0.2, 0) is 58.9 Å². The number of aromatic hydroxyl groups is 1. The Morgan fingerprint density at radius 3 is 1.44 bits per heavy atom. The van der Waals surface area contributed by atoms with Crippen molar-refractivity contribution in [2.75, 3.05) is 65.9 Å². The Labute approximate surface area is 441 Å². The number of carbonyl (C=O) groups excluding carboxylic acids is 6. The topological polar surface area (TPSA) is 358 Å². The molecular formula is C46H77FN6O17S3. The highest BCUT2D eigenvalue weighted by atomic mass is 32.2. The summed E-state index contributed by atoms with van der Waals surface area (Å²) < 4.78 is 36.4. The molecule has 1 rings (SSSR count). The van der Waals surface area contributed by atoms with Crippen LogP contribution in [0.25, 0.3) is 0 Å². The minimum Gasteiger partial charge on any atom is -0.508 e. The molecule has 5 amide bonds. The molecule has 73 heavy (non-hydrogen) atoms. The number of carbonyl (C=O) groups is 9. The van der Waals surface area contributed by atoms with Crippen LogP contribution in [0.1, 0.15) is 121 Å². The fourth-order valence-electron chi connectivity index (χ4n) is 6.31. The molecule has 1 aromatic carbocycles. The number of hydrogen-bond donors (Lipinski definition) is 12. The van der Waals surface area contributed by atoms with E-state index in [0.29, 0.717) is 12.0 Å². The number of amides is 5. The van der Waals surface area contributed by atoms with E-state index in [2.05, 4.69) is 52.0 Å². The number of halogens is 1. The van der Waals surface area contributed by atoms with E-state index >= 15 is 0 Å². The van der Waals surface area contributed by atoms with Crippen LogP contribution in [0.2, 0.25) is 0 Å². The van der Waals surface area contributed by atoms with Crippen molar-refractivity contribution in [3.05, 3.63) is 29.8 Å². The second-order valence-corrected chi connectivity index (χ2v) is 17.1. The van der Waals surface area contributed by atoms with Crippen LogP contribution in [0.3, 0.4) is 0 Å². The number of carboxylic acid groups (broad SMARTS) is 3. The fraction of sp³-hybridized carbons (Fsp3) is 0.674. The molecule has 0 aromatic heterocycles. The number of thioether (sulfide) groups is 1. The van der Waals surface area contributed by atoms with E-state index in [9.17, 15) is 57.8 Å². The predicted molar refractivity (Wildman–Crippen MR) is 276 cm³/mol. The van der Waals surface area contributed by atoms with Crippen LogP contribution in [-0.4, -0.2) is 151 Å². The molecule has 0 saturated carbocycles. The van der Waals surface area contributed by atoms with Gasteiger partial charge in [0.25, 0.3) is 5.24 Å². The highest BCUT2D eigenvalue weighted by Crippen LogP contribution is 2.15. The number of benzene rings is 1. The molecule has 0 aliphatic rings. The van der Waals surface area contributed by atoms with Crippen molar-refractivity contribution in [2.45, 2.75) is 134 Å². The highest BCUT2D eigenvalue weighted by molar-refractivity contribution is 8.26. The Morgan fingerprint density at radius 2 is 1.00 bits per heavy atom. The van der Waals surface area contributed by atoms with Gasteiger partial charge in [0.05, 0.1) is 51.4 Å². The van der Waals surface area contributed by atoms with E-state index in [0.717, 1.165) is 44.9 Å². The number of thiol groups is 2. The third-order valence-corrected chi connectivity index (χ3v) is 10.8. The monoisotopic (exact) mass is 1100 g/mol. The number of phenols is 1. The van der Waals surface area contributed by atoms with Gasteiger partial charge in [-0.05, 0) is 37.0 Å². The number of ether oxygens (including phenoxy) is 4. The molecule has 0 saturated heterocycles. The van der Waals surface area contributed by atoms with Crippen molar-refractivity contribution < 1.29 is 86.9 Å². The number of carboxylic acids is 2. The molecular weight excluding hydrogens is 1020 g/mol. The summed E-state index contributed by atoms with van der Waals surface area (Å²) in [5.74, 6) is -3.68. The van der Waals surface area contributed by atoms with E-state index in [1.165, 1.54) is 62.8 Å². The van der Waals surface area contributed by atoms with E-state index in [-0.39, 0.29) is 127 Å². The van der Waals surface area contributed by atoms with Crippen LogP contribution in [0.15, 0.2) is 24.3 Å². The largest absolute Gasteiger partial charge is 0.508 e. The molecule has 1 aromatic rings. The third-order valence-electron chi connectivity index (χ3n) is 9.94. The zero-order valence-electron chi connectivity index (χ0n) is 41.3. The lowest BCUT2D eigenvalue weighted by molar-refractivity contribution is -0.142. The van der Waals surface area contributed by atoms with Gasteiger partial charge in [-0.3, -0.25) is 43.4 Å². The van der Waals surface area contributed by atoms with Crippen LogP contribution < -0.4 is 31.1 Å². The number of nitrogens with two attached hydrogens (primary N) is 1. The van der Waals surface area contributed by atoms with E-state index in [1.807, 2.05) is 4.72 Å². The van der Waals surface area contributed by atoms with Gasteiger partial charge in [0.15, 0.2) is 0 Å². The van der Waals surface area contributed by atoms with Crippen molar-refractivity contribution in [3.8, 4) is 5.75 Å². The summed E-state index contributed by atoms with van der Waals surface area (Å²) in [7, 11) is 0. The number of phenolic OH excluding ortho intramolecular Hbond substituents is 1. The Bertz CT molecular complexity index is 1710. The number of unbranched alkanes of at least 4 members (excludes halogenated alkanes) is 13. The van der Waals surface area contributed by atoms with Gasteiger partial charge >= 0.3 is 23.3 Å². The average Bonchev–Trinajstić information content (AvgIpc) is 3.35. The lowest BCUT2D eigenvalue weighted by atomic mass is 10.0. The lowest BCUT2D eigenvalue weighted by Crippen LogP contribution is -2.42. The molecule has 1 unspecified atom stereocenters. The summed E-state index contributed by atoms with van der Waals surface area (Å²) in [6, 6.07) is 1.56. The summed E-state index contributed by atoms with van der Waals surface area (Å²) in [5.41, 5.74) is 0.550. The zero-order chi connectivity index (χ0) is 54.9. The highest BCUT2D eigenvalue weighted by Gasteiger charge is 2.22. The summed E-state index contributed by atoms with van der Waals surface area (Å²) in [6.45, 7) is 0.543. The molecule has 0 heterocycles. The Kier molecular flexibility index (Phi) is 47.6. The van der Waals surface area contributed by atoms with Gasteiger partial charge in [-0.25, -0.2) is 9.59 Å². The summed E-state index contributed by atoms with van der Waals surface area (Å²) in [4.78, 5) is 102. The van der Waals surface area contributed by atoms with E-state index < -0.39 is 53.1 Å². The normalized spacial score (nSPS) is 11.3. The van der Waals surface area contributed by atoms with Gasteiger partial charge in [0, 0.05) is 38.8 Å². The van der Waals surface area contributed by atoms with Crippen molar-refractivity contribution in [1.82, 2.24) is 26.0 Å². The summed E-state index contributed by atoms with van der Waals surface area (Å²) >= 11 is 6.48. The Balaban J connectivity index is 0. The maximum absolute atomic E-state index is 13.4. The van der Waals surface area contributed by atoms with Crippen molar-refractivity contribution in [2.24, 2.45) is 5.14 Å². The minimum absolute atomic E-state index is 0.0175. The molecule has 0 bridgehead atoms. The molecule has 0 spiro atoms. The van der Waals surface area contributed by atoms with Gasteiger partial charge in [-0.1, -0.05) is 102 Å². The van der Waals surface area contributed by atoms with Gasteiger partial charge in [-0.15, -0.1) is 12.8 Å². The summed E-state index contributed by atoms with van der Waals surface area (Å²) in [6.07, 6.45) is 15.2. The standard InChI is InChI=1S/C44H71FN4O14.C2H3NO3S2.H3NS/c45-43(57)37(31-34-17-19-35(50)20-18-34)49-41(54)33-63-30-28-61-26-24-47-40(53)32-62-29-27-60-25-23-46-38(51)22-21-36(44(58)59)48-39(52)15-13-11-9-7-5-3-1-2-4-6-8-10-12-14-16-42(55)56;4-1(3-7)8-2(5)6;1-2/h17-20,36-37,50H,1-16,21-33H2,(H,46,51)(H,47,53)(H,48,52)(H,49,54)(H,55,56)(H,58,59);7H,(H,3,4)(H,5,6);2H,1H2/t36-,37?;;/m0../s1. The lowest BCUT2D eigenvalue weighted by Gasteiger charge is -2.14. The molecule has 418 valence electrons. The number of nitrogens with one attached hydrogen (secondary N) is 5. The van der Waals surface area contributed by atoms with Crippen LogP contribution in [0.5, 0.6) is 5.75 Å². The third kappa shape index (κ3) is 48.0. The molecule has 27 heteroatoms. The predicted octanol–water partition coefficient (Wildman–Crippen LogP) is 4.63. The quantitative estimate of drug-likeness (QED) is 0.0241. The first-order chi connectivity index (χ1) is 35.0. The fourth-order valence-corrected chi connectivity index (χ4v) is 6.65. The van der Waals surface area contributed by atoms with Crippen molar-refractivity contribution in [1.29, 1.82) is 0 Å². The Hall–Kier alpha value is -4.77. The van der Waals surface area contributed by atoms with E-state index in [4.69, 9.17) is 29.2 Å². The maximum Gasteiger partial charge on any atom is 0.374 e. The Morgan fingerprint density at radius 1 is 0.562 bits per heavy atom. The molecule has 0 radical (unpaired) electrons. The first-order valence-corrected chi connectivity index (χ1v) is 25.8. The molecule has 0 fully saturated rings. The first kappa shape index (κ1) is 70.3. The van der Waals surface area contributed by atoms with Gasteiger partial charge in [0.2, 0.25) is 23.6 Å². The second-order valence-electron chi connectivity index (χ2n) is 15.9. The van der Waals surface area contributed by atoms with Gasteiger partial charge in [0.1, 0.15) is 31.0 Å². The molecule has 11 N–H and O–H groups in total. The molecule has 0 aliphatic heterocycles. The molecule has 0 aliphatic carbocycles. The van der Waals surface area contributed by atoms with E-state index in [1.54, 1.807) is 0 Å². The van der Waals surface area contributed by atoms with Crippen LogP contribution in [0.4, 0.5) is 14.0 Å². The van der Waals surface area contributed by atoms with Crippen LogP contribution in [0, 0.1) is 0 Å².